The van der Waals surface area contributed by atoms with Gasteiger partial charge in [0.15, 0.2) is 24.1 Å². The molecule has 0 aliphatic carbocycles. The number of rotatable bonds is 7. The van der Waals surface area contributed by atoms with Crippen molar-refractivity contribution in [3.05, 3.63) is 0 Å². The molecular formula is C12H18O13. The molecular weight excluding hydrogens is 352 g/mol. The smallest absolute Gasteiger partial charge is 0.335 e. The number of hydrogen-bond acceptors (Lipinski definition) is 11. The molecule has 1 heterocycles. The van der Waals surface area contributed by atoms with Crippen LogP contribution in [0.1, 0.15) is 0 Å². The fourth-order valence-corrected chi connectivity index (χ4v) is 2.50. The summed E-state index contributed by atoms with van der Waals surface area (Å²) in [5, 5.41) is 86.3. The maximum atomic E-state index is 11.0. The molecule has 0 aromatic heterocycles. The summed E-state index contributed by atoms with van der Waals surface area (Å²) in [5.74, 6) is -4.08. The van der Waals surface area contributed by atoms with Gasteiger partial charge in [-0.3, -0.25) is 0 Å². The van der Waals surface area contributed by atoms with Gasteiger partial charge in [-0.25, -0.2) is 9.59 Å². The van der Waals surface area contributed by atoms with Crippen molar-refractivity contribution >= 4 is 18.2 Å². The van der Waals surface area contributed by atoms with Crippen LogP contribution >= 0.6 is 0 Å². The summed E-state index contributed by atoms with van der Waals surface area (Å²) in [6, 6.07) is 0. The molecule has 0 saturated carbocycles. The first-order valence-corrected chi connectivity index (χ1v) is 6.78. The topological polar surface area (TPSA) is 243 Å². The Morgan fingerprint density at radius 1 is 1.00 bits per heavy atom. The minimum absolute atomic E-state index is 0.334. The first-order valence-electron chi connectivity index (χ1n) is 6.78. The molecule has 0 amide bonds. The highest BCUT2D eigenvalue weighted by atomic mass is 16.6. The Bertz CT molecular complexity index is 523. The Kier molecular flexibility index (Phi) is 6.55. The van der Waals surface area contributed by atoms with E-state index in [0.29, 0.717) is 0 Å². The number of aliphatic carboxylic acids is 2. The third kappa shape index (κ3) is 3.63. The second-order valence-corrected chi connectivity index (χ2v) is 5.49. The Morgan fingerprint density at radius 2 is 1.52 bits per heavy atom. The second-order valence-electron chi connectivity index (χ2n) is 5.49. The van der Waals surface area contributed by atoms with Crippen molar-refractivity contribution in [1.29, 1.82) is 0 Å². The summed E-state index contributed by atoms with van der Waals surface area (Å²) in [7, 11) is 0. The van der Waals surface area contributed by atoms with Crippen LogP contribution in [0.5, 0.6) is 0 Å². The van der Waals surface area contributed by atoms with Crippen LogP contribution in [0.4, 0.5) is 0 Å². The lowest BCUT2D eigenvalue weighted by Gasteiger charge is -2.48. The summed E-state index contributed by atoms with van der Waals surface area (Å²) >= 11 is 0. The maximum Gasteiger partial charge on any atom is 0.335 e. The van der Waals surface area contributed by atoms with E-state index in [4.69, 9.17) is 10.2 Å². The molecule has 0 bridgehead atoms. The van der Waals surface area contributed by atoms with E-state index in [1.165, 1.54) is 0 Å². The van der Waals surface area contributed by atoms with E-state index in [9.17, 15) is 50.1 Å². The largest absolute Gasteiger partial charge is 0.479 e. The van der Waals surface area contributed by atoms with Gasteiger partial charge in [0, 0.05) is 0 Å². The Morgan fingerprint density at radius 3 is 1.92 bits per heavy atom. The molecule has 9 N–H and O–H groups in total. The van der Waals surface area contributed by atoms with Crippen molar-refractivity contribution in [3.63, 3.8) is 0 Å². The molecule has 1 aliphatic rings. The highest BCUT2D eigenvalue weighted by Gasteiger charge is 2.62. The van der Waals surface area contributed by atoms with E-state index in [1.54, 1.807) is 0 Å². The highest BCUT2D eigenvalue weighted by molar-refractivity contribution is 5.75. The monoisotopic (exact) mass is 370 g/mol. The number of carbonyl (C=O) groups is 3. The molecule has 0 radical (unpaired) electrons. The van der Waals surface area contributed by atoms with Crippen molar-refractivity contribution in [1.82, 2.24) is 0 Å². The van der Waals surface area contributed by atoms with E-state index in [2.05, 4.69) is 4.74 Å². The van der Waals surface area contributed by atoms with Crippen LogP contribution in [0.15, 0.2) is 0 Å². The molecule has 13 heteroatoms. The maximum absolute atomic E-state index is 11.0. The molecule has 1 fully saturated rings. The van der Waals surface area contributed by atoms with Gasteiger partial charge in [-0.2, -0.15) is 0 Å². The standard InChI is InChI=1S/C12H18O13/c13-1-2(14)7(18)12(24,8(19)11(22)23)9-5(17)3(15)4(16)6(25-9)10(20)21/h1-9,14-19,24H,(H,20,21)(H,22,23)/t2-,3-,4+,5+,6-,7+,8+,9?,12+/m0/s1. The Hall–Kier alpha value is -1.71. The number of carboxylic acid groups (broad SMARTS) is 2. The van der Waals surface area contributed by atoms with Crippen LogP contribution in [0.25, 0.3) is 0 Å². The van der Waals surface area contributed by atoms with Gasteiger partial charge in [-0.05, 0) is 0 Å². The Balaban J connectivity index is 3.44. The fourth-order valence-electron chi connectivity index (χ4n) is 2.50. The van der Waals surface area contributed by atoms with Gasteiger partial charge in [-0.15, -0.1) is 0 Å². The van der Waals surface area contributed by atoms with E-state index in [0.717, 1.165) is 0 Å². The number of carboxylic acids is 2. The van der Waals surface area contributed by atoms with Crippen LogP contribution in [-0.2, 0) is 19.1 Å². The van der Waals surface area contributed by atoms with Crippen molar-refractivity contribution in [2.45, 2.75) is 54.4 Å². The van der Waals surface area contributed by atoms with Gasteiger partial charge in [0.05, 0.1) is 0 Å². The lowest BCUT2D eigenvalue weighted by molar-refractivity contribution is -0.300. The molecule has 1 unspecified atom stereocenters. The van der Waals surface area contributed by atoms with Gasteiger partial charge in [0.1, 0.15) is 36.6 Å². The zero-order valence-electron chi connectivity index (χ0n) is 12.4. The fraction of sp³-hybridized carbons (Fsp3) is 0.750. The van der Waals surface area contributed by atoms with Crippen LogP contribution in [0.3, 0.4) is 0 Å². The second kappa shape index (κ2) is 7.67. The molecule has 0 aromatic carbocycles. The zero-order chi connectivity index (χ0) is 19.7. The van der Waals surface area contributed by atoms with Crippen molar-refractivity contribution in [2.75, 3.05) is 0 Å². The highest BCUT2D eigenvalue weighted by Crippen LogP contribution is 2.34. The first-order chi connectivity index (χ1) is 11.4. The molecule has 1 aliphatic heterocycles. The Labute approximate surface area is 138 Å². The average Bonchev–Trinajstić information content (AvgIpc) is 2.56. The third-order valence-corrected chi connectivity index (χ3v) is 3.92. The van der Waals surface area contributed by atoms with Gasteiger partial charge < -0.3 is 55.5 Å². The van der Waals surface area contributed by atoms with Gasteiger partial charge in [0.2, 0.25) is 0 Å². The van der Waals surface area contributed by atoms with E-state index in [1.807, 2.05) is 0 Å². The lowest BCUT2D eigenvalue weighted by Crippen LogP contribution is -2.74. The molecule has 1 rings (SSSR count). The minimum Gasteiger partial charge on any atom is -0.479 e. The molecule has 0 spiro atoms. The summed E-state index contributed by atoms with van der Waals surface area (Å²) in [4.78, 5) is 32.7. The van der Waals surface area contributed by atoms with E-state index in [-0.39, 0.29) is 6.29 Å². The van der Waals surface area contributed by atoms with Crippen LogP contribution in [-0.4, -0.2) is 119 Å². The van der Waals surface area contributed by atoms with E-state index < -0.39 is 66.4 Å². The minimum atomic E-state index is -3.54. The summed E-state index contributed by atoms with van der Waals surface area (Å²) < 4.78 is 4.68. The van der Waals surface area contributed by atoms with Crippen LogP contribution < -0.4 is 0 Å². The molecule has 0 aromatic rings. The number of carbonyl (C=O) groups excluding carboxylic acids is 1. The summed E-state index contributed by atoms with van der Waals surface area (Å²) in [6.07, 6.45) is -20.3. The normalized spacial score (nSPS) is 35.9. The molecule has 9 atom stereocenters. The number of hydrogen-bond donors (Lipinski definition) is 9. The molecule has 25 heavy (non-hydrogen) atoms. The third-order valence-electron chi connectivity index (χ3n) is 3.92. The van der Waals surface area contributed by atoms with Gasteiger partial charge >= 0.3 is 11.9 Å². The predicted octanol–water partition coefficient (Wildman–Crippen LogP) is -5.98. The van der Waals surface area contributed by atoms with Crippen LogP contribution in [0.2, 0.25) is 0 Å². The molecule has 144 valence electrons. The average molecular weight is 370 g/mol. The quantitative estimate of drug-likeness (QED) is 0.190. The number of aliphatic hydroxyl groups excluding tert-OH is 6. The number of ether oxygens (including phenoxy) is 1. The zero-order valence-corrected chi connectivity index (χ0v) is 12.4. The van der Waals surface area contributed by atoms with Crippen molar-refractivity contribution < 1.29 is 65.1 Å². The SMILES string of the molecule is O=C[C@H](O)[C@@H](O)[C@](O)(C1O[C@H](C(=O)O)[C@H](O)[C@H](O)[C@H]1O)[C@H](O)C(=O)O. The van der Waals surface area contributed by atoms with Gasteiger partial charge in [0.25, 0.3) is 0 Å². The van der Waals surface area contributed by atoms with Crippen LogP contribution in [0, 0.1) is 0 Å². The van der Waals surface area contributed by atoms with Crippen molar-refractivity contribution in [3.8, 4) is 0 Å². The molecule has 1 saturated heterocycles. The van der Waals surface area contributed by atoms with Gasteiger partial charge in [-0.1, -0.05) is 0 Å². The molecule has 13 nitrogen and oxygen atoms in total. The number of aliphatic hydroxyl groups is 7. The summed E-state index contributed by atoms with van der Waals surface area (Å²) in [5.41, 5.74) is -3.54. The lowest BCUT2D eigenvalue weighted by atomic mass is 9.76. The summed E-state index contributed by atoms with van der Waals surface area (Å²) in [6.45, 7) is 0. The van der Waals surface area contributed by atoms with E-state index >= 15 is 0 Å². The first kappa shape index (κ1) is 21.3. The number of aldehydes is 1. The predicted molar refractivity (Wildman–Crippen MR) is 71.0 cm³/mol. The van der Waals surface area contributed by atoms with Crippen molar-refractivity contribution in [2.24, 2.45) is 0 Å².